The van der Waals surface area contributed by atoms with Crippen molar-refractivity contribution in [3.63, 3.8) is 0 Å². The molecular formula is C19H19N3O3S. The van der Waals surface area contributed by atoms with E-state index in [1.807, 2.05) is 31.2 Å². The minimum atomic E-state index is -0.0764. The molecule has 0 aliphatic carbocycles. The smallest absolute Gasteiger partial charge is 0.209 e. The summed E-state index contributed by atoms with van der Waals surface area (Å²) in [6.07, 6.45) is 0. The average molecular weight is 369 g/mol. The van der Waals surface area contributed by atoms with Crippen LogP contribution in [-0.4, -0.2) is 40.9 Å². The molecule has 0 saturated heterocycles. The SMILES string of the molecule is COc1ccc(OC)c(C(=O)CSc2n[nH]c(-c3ccc(C)cc3)n2)c1. The summed E-state index contributed by atoms with van der Waals surface area (Å²) in [6.45, 7) is 2.03. The Morgan fingerprint density at radius 3 is 2.58 bits per heavy atom. The summed E-state index contributed by atoms with van der Waals surface area (Å²) in [5.74, 6) is 1.94. The molecule has 0 atom stereocenters. The van der Waals surface area contributed by atoms with Crippen LogP contribution in [-0.2, 0) is 0 Å². The normalized spacial score (nSPS) is 10.6. The minimum Gasteiger partial charge on any atom is -0.497 e. The van der Waals surface area contributed by atoms with Crippen LogP contribution in [0.5, 0.6) is 11.5 Å². The molecule has 0 radical (unpaired) electrons. The Labute approximate surface area is 155 Å². The number of benzene rings is 2. The van der Waals surface area contributed by atoms with Crippen LogP contribution in [0, 0.1) is 6.92 Å². The lowest BCUT2D eigenvalue weighted by molar-refractivity contribution is 0.101. The zero-order valence-electron chi connectivity index (χ0n) is 14.8. The van der Waals surface area contributed by atoms with Crippen molar-refractivity contribution in [3.8, 4) is 22.9 Å². The van der Waals surface area contributed by atoms with Gasteiger partial charge in [0, 0.05) is 5.56 Å². The van der Waals surface area contributed by atoms with Crippen LogP contribution in [0.15, 0.2) is 47.6 Å². The summed E-state index contributed by atoms with van der Waals surface area (Å²) < 4.78 is 10.5. The monoisotopic (exact) mass is 369 g/mol. The average Bonchev–Trinajstić information content (AvgIpc) is 3.15. The second-order valence-electron chi connectivity index (χ2n) is 5.61. The molecule has 0 fully saturated rings. The van der Waals surface area contributed by atoms with Crippen molar-refractivity contribution in [2.75, 3.05) is 20.0 Å². The van der Waals surface area contributed by atoms with Crippen molar-refractivity contribution in [1.82, 2.24) is 15.2 Å². The zero-order valence-corrected chi connectivity index (χ0v) is 15.6. The lowest BCUT2D eigenvalue weighted by Crippen LogP contribution is -2.05. The van der Waals surface area contributed by atoms with Crippen LogP contribution in [0.1, 0.15) is 15.9 Å². The molecule has 26 heavy (non-hydrogen) atoms. The van der Waals surface area contributed by atoms with Gasteiger partial charge in [-0.1, -0.05) is 41.6 Å². The lowest BCUT2D eigenvalue weighted by atomic mass is 10.1. The Kier molecular flexibility index (Phi) is 5.58. The molecule has 1 N–H and O–H groups in total. The standard InChI is InChI=1S/C19H19N3O3S/c1-12-4-6-13(7-5-12)18-20-19(22-21-18)26-11-16(23)15-10-14(24-2)8-9-17(15)25-3/h4-10H,11H2,1-3H3,(H,20,21,22). The number of hydrogen-bond donors (Lipinski definition) is 1. The summed E-state index contributed by atoms with van der Waals surface area (Å²) >= 11 is 1.28. The zero-order chi connectivity index (χ0) is 18.5. The lowest BCUT2D eigenvalue weighted by Gasteiger charge is -2.09. The van der Waals surface area contributed by atoms with E-state index in [0.29, 0.717) is 28.0 Å². The van der Waals surface area contributed by atoms with Crippen LogP contribution < -0.4 is 9.47 Å². The first kappa shape index (κ1) is 18.0. The van der Waals surface area contributed by atoms with E-state index < -0.39 is 0 Å². The van der Waals surface area contributed by atoms with Crippen molar-refractivity contribution < 1.29 is 14.3 Å². The third kappa shape index (κ3) is 4.05. The van der Waals surface area contributed by atoms with E-state index in [9.17, 15) is 4.79 Å². The maximum absolute atomic E-state index is 12.6. The number of rotatable bonds is 7. The van der Waals surface area contributed by atoms with Crippen LogP contribution in [0.3, 0.4) is 0 Å². The van der Waals surface area contributed by atoms with E-state index in [0.717, 1.165) is 5.56 Å². The van der Waals surface area contributed by atoms with E-state index in [1.165, 1.54) is 24.4 Å². The fourth-order valence-electron chi connectivity index (χ4n) is 2.39. The molecule has 0 aliphatic rings. The number of aryl methyl sites for hydroxylation is 1. The molecule has 1 aromatic heterocycles. The summed E-state index contributed by atoms with van der Waals surface area (Å²) in [5, 5.41) is 7.61. The first-order valence-corrected chi connectivity index (χ1v) is 8.96. The number of nitrogens with one attached hydrogen (secondary N) is 1. The Morgan fingerprint density at radius 1 is 1.12 bits per heavy atom. The topological polar surface area (TPSA) is 77.1 Å². The molecule has 0 bridgehead atoms. The second kappa shape index (κ2) is 8.05. The van der Waals surface area contributed by atoms with Crippen molar-refractivity contribution >= 4 is 17.5 Å². The molecular weight excluding hydrogens is 350 g/mol. The van der Waals surface area contributed by atoms with E-state index in [-0.39, 0.29) is 11.5 Å². The van der Waals surface area contributed by atoms with E-state index in [2.05, 4.69) is 15.2 Å². The van der Waals surface area contributed by atoms with Crippen molar-refractivity contribution in [3.05, 3.63) is 53.6 Å². The van der Waals surface area contributed by atoms with Gasteiger partial charge >= 0.3 is 0 Å². The molecule has 0 amide bonds. The third-order valence-corrected chi connectivity index (χ3v) is 4.68. The van der Waals surface area contributed by atoms with Gasteiger partial charge in [-0.3, -0.25) is 9.89 Å². The maximum atomic E-state index is 12.6. The highest BCUT2D eigenvalue weighted by Gasteiger charge is 2.15. The molecule has 0 aliphatic heterocycles. The molecule has 0 unspecified atom stereocenters. The van der Waals surface area contributed by atoms with Gasteiger partial charge in [-0.15, -0.1) is 5.10 Å². The number of nitrogens with zero attached hydrogens (tertiary/aromatic N) is 2. The Balaban J connectivity index is 1.70. The summed E-state index contributed by atoms with van der Waals surface area (Å²) in [6, 6.07) is 13.2. The highest BCUT2D eigenvalue weighted by atomic mass is 32.2. The molecule has 7 heteroatoms. The predicted molar refractivity (Wildman–Crippen MR) is 101 cm³/mol. The predicted octanol–water partition coefficient (Wildman–Crippen LogP) is 3.77. The van der Waals surface area contributed by atoms with Crippen molar-refractivity contribution in [2.24, 2.45) is 0 Å². The molecule has 0 saturated carbocycles. The number of ketones is 1. The van der Waals surface area contributed by atoms with E-state index in [1.54, 1.807) is 25.3 Å². The minimum absolute atomic E-state index is 0.0764. The largest absolute Gasteiger partial charge is 0.497 e. The Hall–Kier alpha value is -2.80. The number of aromatic nitrogens is 3. The second-order valence-corrected chi connectivity index (χ2v) is 6.55. The number of aromatic amines is 1. The van der Waals surface area contributed by atoms with Crippen LogP contribution in [0.4, 0.5) is 0 Å². The van der Waals surface area contributed by atoms with Gasteiger partial charge in [0.2, 0.25) is 5.16 Å². The van der Waals surface area contributed by atoms with Gasteiger partial charge in [-0.2, -0.15) is 0 Å². The molecule has 1 heterocycles. The van der Waals surface area contributed by atoms with Crippen LogP contribution in [0.25, 0.3) is 11.4 Å². The third-order valence-electron chi connectivity index (χ3n) is 3.83. The van der Waals surface area contributed by atoms with Gasteiger partial charge in [0.1, 0.15) is 11.5 Å². The number of carbonyl (C=O) groups is 1. The molecule has 0 spiro atoms. The summed E-state index contributed by atoms with van der Waals surface area (Å²) in [4.78, 5) is 17.0. The number of carbonyl (C=O) groups excluding carboxylic acids is 1. The molecule has 134 valence electrons. The first-order chi connectivity index (χ1) is 12.6. The highest BCUT2D eigenvalue weighted by Crippen LogP contribution is 2.27. The fourth-order valence-corrected chi connectivity index (χ4v) is 3.07. The van der Waals surface area contributed by atoms with Gasteiger partial charge in [0.25, 0.3) is 0 Å². The quantitative estimate of drug-likeness (QED) is 0.505. The first-order valence-electron chi connectivity index (χ1n) is 7.98. The van der Waals surface area contributed by atoms with Gasteiger partial charge in [-0.05, 0) is 25.1 Å². The molecule has 3 aromatic rings. The molecule has 6 nitrogen and oxygen atoms in total. The Bertz CT molecular complexity index is 907. The highest BCUT2D eigenvalue weighted by molar-refractivity contribution is 7.99. The van der Waals surface area contributed by atoms with Crippen LogP contribution in [0.2, 0.25) is 0 Å². The summed E-state index contributed by atoms with van der Waals surface area (Å²) in [5.41, 5.74) is 2.62. The van der Waals surface area contributed by atoms with E-state index >= 15 is 0 Å². The number of thioether (sulfide) groups is 1. The van der Waals surface area contributed by atoms with Crippen LogP contribution >= 0.6 is 11.8 Å². The maximum Gasteiger partial charge on any atom is 0.209 e. The van der Waals surface area contributed by atoms with E-state index in [4.69, 9.17) is 9.47 Å². The molecule has 3 rings (SSSR count). The molecule has 2 aromatic carbocycles. The number of ether oxygens (including phenoxy) is 2. The van der Waals surface area contributed by atoms with Gasteiger partial charge < -0.3 is 9.47 Å². The Morgan fingerprint density at radius 2 is 1.88 bits per heavy atom. The number of H-pyrrole nitrogens is 1. The number of methoxy groups -OCH3 is 2. The van der Waals surface area contributed by atoms with Crippen molar-refractivity contribution in [1.29, 1.82) is 0 Å². The summed E-state index contributed by atoms with van der Waals surface area (Å²) in [7, 11) is 3.10. The number of Topliss-reactive ketones (excluding diaryl/α,β-unsaturated/α-hetero) is 1. The fraction of sp³-hybridized carbons (Fsp3) is 0.211. The van der Waals surface area contributed by atoms with Crippen molar-refractivity contribution in [2.45, 2.75) is 12.1 Å². The van der Waals surface area contributed by atoms with Gasteiger partial charge in [0.05, 0.1) is 25.5 Å². The van der Waals surface area contributed by atoms with Gasteiger partial charge in [0.15, 0.2) is 11.6 Å². The number of hydrogen-bond acceptors (Lipinski definition) is 6. The van der Waals surface area contributed by atoms with Gasteiger partial charge in [-0.25, -0.2) is 4.98 Å².